The Morgan fingerprint density at radius 3 is 2.34 bits per heavy atom. The average molecular weight is 604 g/mol. The van der Waals surface area contributed by atoms with Gasteiger partial charge in [-0.25, -0.2) is 4.98 Å². The third kappa shape index (κ3) is 6.85. The van der Waals surface area contributed by atoms with E-state index in [1.54, 1.807) is 18.3 Å². The normalized spacial score (nSPS) is 23.2. The lowest BCUT2D eigenvalue weighted by atomic mass is 9.95. The van der Waals surface area contributed by atoms with Crippen molar-refractivity contribution in [2.75, 3.05) is 29.9 Å². The fourth-order valence-electron chi connectivity index (χ4n) is 7.45. The molecule has 2 unspecified atom stereocenters. The number of pyridine rings is 1. The van der Waals surface area contributed by atoms with Crippen molar-refractivity contribution in [1.82, 2.24) is 20.5 Å². The number of anilines is 2. The van der Waals surface area contributed by atoms with Gasteiger partial charge < -0.3 is 26.6 Å². The van der Waals surface area contributed by atoms with Gasteiger partial charge in [-0.2, -0.15) is 0 Å². The molecule has 2 bridgehead atoms. The molecule has 2 aromatic rings. The second-order valence-electron chi connectivity index (χ2n) is 12.7. The minimum atomic E-state index is -0.507. The molecule has 4 heterocycles. The molecule has 3 aliphatic rings. The zero-order valence-corrected chi connectivity index (χ0v) is 26.7. The van der Waals surface area contributed by atoms with Gasteiger partial charge in [-0.15, -0.1) is 0 Å². The van der Waals surface area contributed by atoms with Crippen LogP contribution in [0.3, 0.4) is 0 Å². The molecule has 3 saturated heterocycles. The van der Waals surface area contributed by atoms with Crippen LogP contribution < -0.4 is 26.6 Å². The molecule has 10 nitrogen and oxygen atoms in total. The zero-order valence-electron chi connectivity index (χ0n) is 26.7. The Hall–Kier alpha value is -3.66. The molecular formula is C34H49N7O3. The number of likely N-dealkylation sites (N-methyl/N-ethyl adjacent to an activating group) is 1. The van der Waals surface area contributed by atoms with Crippen molar-refractivity contribution in [3.63, 3.8) is 0 Å². The molecule has 5 rings (SSSR count). The number of nitrogens with one attached hydrogen (secondary N) is 3. The number of carbonyl (C=O) groups excluding carboxylic acids is 3. The fourth-order valence-corrected chi connectivity index (χ4v) is 7.45. The van der Waals surface area contributed by atoms with E-state index in [0.29, 0.717) is 35.0 Å². The molecule has 1 aromatic carbocycles. The van der Waals surface area contributed by atoms with Gasteiger partial charge >= 0.3 is 0 Å². The lowest BCUT2D eigenvalue weighted by molar-refractivity contribution is 0.0922. The minimum absolute atomic E-state index is 0.0465. The molecule has 0 spiro atoms. The van der Waals surface area contributed by atoms with Crippen LogP contribution in [0.5, 0.6) is 0 Å². The van der Waals surface area contributed by atoms with Crippen molar-refractivity contribution in [3.05, 3.63) is 52.7 Å². The highest BCUT2D eigenvalue weighted by molar-refractivity contribution is 6.03. The summed E-state index contributed by atoms with van der Waals surface area (Å²) in [6.45, 7) is 11.0. The summed E-state index contributed by atoms with van der Waals surface area (Å²) in [5, 5.41) is 9.81. The monoisotopic (exact) mass is 603 g/mol. The van der Waals surface area contributed by atoms with Gasteiger partial charge in [0.1, 0.15) is 5.82 Å². The highest BCUT2D eigenvalue weighted by atomic mass is 16.2. The Morgan fingerprint density at radius 1 is 1.00 bits per heavy atom. The van der Waals surface area contributed by atoms with E-state index in [1.165, 1.54) is 6.42 Å². The van der Waals surface area contributed by atoms with Crippen LogP contribution in [0, 0.1) is 6.92 Å². The van der Waals surface area contributed by atoms with Crippen molar-refractivity contribution in [2.24, 2.45) is 5.73 Å². The van der Waals surface area contributed by atoms with Gasteiger partial charge in [0.25, 0.3) is 17.7 Å². The van der Waals surface area contributed by atoms with E-state index in [-0.39, 0.29) is 36.0 Å². The molecule has 238 valence electrons. The quantitative estimate of drug-likeness (QED) is 0.285. The van der Waals surface area contributed by atoms with Crippen LogP contribution >= 0.6 is 0 Å². The SMILES string of the molecule is CCC(CC)Nc1cc(C(=O)NC2C[C@H]3CC[C@@H](C2)N3c2ccc(C(=O)NCC3CCCN3CC)cn2)c(C)cc1C(N)=O. The Kier molecular flexibility index (Phi) is 10.1. The predicted molar refractivity (Wildman–Crippen MR) is 174 cm³/mol. The van der Waals surface area contributed by atoms with Crippen molar-refractivity contribution < 1.29 is 14.4 Å². The molecule has 3 fully saturated rings. The van der Waals surface area contributed by atoms with Crippen LogP contribution in [0.4, 0.5) is 11.5 Å². The second kappa shape index (κ2) is 14.0. The number of amides is 3. The standard InChI is InChI=1S/C34H49N7O3/c1-5-23(6-2)38-30-18-28(21(4)15-29(30)32(35)42)34(44)39-24-16-25-11-12-26(17-24)41(25)31-13-10-22(19-36-31)33(43)37-20-27-9-8-14-40(27)7-3/h10,13,15,18-19,23-27,38H,5-9,11-12,14,16-17,20H2,1-4H3,(H2,35,42)(H,37,43)(H,39,44)/t24?,25-,26+,27?. The molecule has 3 amide bonds. The van der Waals surface area contributed by atoms with Gasteiger partial charge in [0, 0.05) is 54.2 Å². The lowest BCUT2D eigenvalue weighted by Gasteiger charge is -2.40. The van der Waals surface area contributed by atoms with Crippen molar-refractivity contribution in [1.29, 1.82) is 0 Å². The smallest absolute Gasteiger partial charge is 0.252 e. The molecule has 10 heteroatoms. The summed E-state index contributed by atoms with van der Waals surface area (Å²) in [5.74, 6) is 0.180. The predicted octanol–water partition coefficient (Wildman–Crippen LogP) is 4.23. The molecule has 5 N–H and O–H groups in total. The van der Waals surface area contributed by atoms with Crippen molar-refractivity contribution in [3.8, 4) is 0 Å². The van der Waals surface area contributed by atoms with Gasteiger partial charge in [0.15, 0.2) is 0 Å². The summed E-state index contributed by atoms with van der Waals surface area (Å²) in [6, 6.07) is 8.55. The van der Waals surface area contributed by atoms with Crippen LogP contribution in [-0.4, -0.2) is 77.4 Å². The van der Waals surface area contributed by atoms with Gasteiger partial charge in [0.2, 0.25) is 0 Å². The number of carbonyl (C=O) groups is 3. The topological polar surface area (TPSA) is 133 Å². The fraction of sp³-hybridized carbons (Fsp3) is 0.588. The first kappa shape index (κ1) is 31.8. The number of rotatable bonds is 12. The summed E-state index contributed by atoms with van der Waals surface area (Å²) < 4.78 is 0. The summed E-state index contributed by atoms with van der Waals surface area (Å²) in [5.41, 5.74) is 8.57. The maximum atomic E-state index is 13.5. The molecular weight excluding hydrogens is 554 g/mol. The number of likely N-dealkylation sites (tertiary alicyclic amines) is 1. The molecule has 3 aliphatic heterocycles. The molecule has 44 heavy (non-hydrogen) atoms. The number of primary amides is 1. The third-order valence-electron chi connectivity index (χ3n) is 9.97. The molecule has 0 saturated carbocycles. The van der Waals surface area contributed by atoms with Crippen molar-refractivity contribution >= 4 is 29.2 Å². The van der Waals surface area contributed by atoms with Crippen LogP contribution in [0.2, 0.25) is 0 Å². The zero-order chi connectivity index (χ0) is 31.4. The maximum Gasteiger partial charge on any atom is 0.252 e. The number of nitrogens with two attached hydrogens (primary N) is 1. The van der Waals surface area contributed by atoms with Crippen LogP contribution in [0.15, 0.2) is 30.5 Å². The van der Waals surface area contributed by atoms with E-state index >= 15 is 0 Å². The van der Waals surface area contributed by atoms with E-state index in [1.807, 2.05) is 19.1 Å². The maximum absolute atomic E-state index is 13.5. The molecule has 0 aliphatic carbocycles. The van der Waals surface area contributed by atoms with E-state index in [9.17, 15) is 14.4 Å². The van der Waals surface area contributed by atoms with Crippen LogP contribution in [0.1, 0.15) is 109 Å². The number of fused-ring (bicyclic) bond motifs is 2. The number of benzene rings is 1. The number of aryl methyl sites for hydroxylation is 1. The van der Waals surface area contributed by atoms with E-state index < -0.39 is 5.91 Å². The summed E-state index contributed by atoms with van der Waals surface area (Å²) in [6.07, 6.45) is 9.56. The second-order valence-corrected chi connectivity index (χ2v) is 12.7. The molecule has 1 aromatic heterocycles. The third-order valence-corrected chi connectivity index (χ3v) is 9.97. The lowest BCUT2D eigenvalue weighted by Crippen LogP contribution is -2.51. The highest BCUT2D eigenvalue weighted by Crippen LogP contribution is 2.39. The largest absolute Gasteiger partial charge is 0.382 e. The van der Waals surface area contributed by atoms with E-state index in [2.05, 4.69) is 46.5 Å². The van der Waals surface area contributed by atoms with Crippen molar-refractivity contribution in [2.45, 2.75) is 109 Å². The van der Waals surface area contributed by atoms with Crippen LogP contribution in [-0.2, 0) is 0 Å². The average Bonchev–Trinajstić information content (AvgIpc) is 3.59. The Labute approximate surface area is 261 Å². The summed E-state index contributed by atoms with van der Waals surface area (Å²) in [7, 11) is 0. The highest BCUT2D eigenvalue weighted by Gasteiger charge is 2.42. The Bertz CT molecular complexity index is 1330. The van der Waals surface area contributed by atoms with Crippen LogP contribution in [0.25, 0.3) is 0 Å². The minimum Gasteiger partial charge on any atom is -0.382 e. The van der Waals surface area contributed by atoms with E-state index in [4.69, 9.17) is 10.7 Å². The molecule has 0 radical (unpaired) electrons. The van der Waals surface area contributed by atoms with E-state index in [0.717, 1.165) is 69.4 Å². The van der Waals surface area contributed by atoms with Gasteiger partial charge in [-0.05, 0) is 101 Å². The Morgan fingerprint density at radius 2 is 1.73 bits per heavy atom. The van der Waals surface area contributed by atoms with Gasteiger partial charge in [-0.1, -0.05) is 20.8 Å². The first-order valence-corrected chi connectivity index (χ1v) is 16.5. The molecule has 4 atom stereocenters. The number of hydrogen-bond donors (Lipinski definition) is 4. The number of nitrogens with zero attached hydrogens (tertiary/aromatic N) is 3. The first-order valence-electron chi connectivity index (χ1n) is 16.5. The summed E-state index contributed by atoms with van der Waals surface area (Å²) in [4.78, 5) is 48.0. The van der Waals surface area contributed by atoms with Gasteiger partial charge in [-0.3, -0.25) is 19.3 Å². The summed E-state index contributed by atoms with van der Waals surface area (Å²) >= 11 is 0. The first-order chi connectivity index (χ1) is 21.2. The number of piperidine rings is 1. The number of hydrogen-bond acceptors (Lipinski definition) is 7. The number of aromatic nitrogens is 1. The Balaban J connectivity index is 1.20. The van der Waals surface area contributed by atoms with Gasteiger partial charge in [0.05, 0.1) is 11.1 Å².